The Bertz CT molecular complexity index is 1250. The molecule has 2 aliphatic rings. The fourth-order valence-corrected chi connectivity index (χ4v) is 6.25. The van der Waals surface area contributed by atoms with Crippen LogP contribution in [0.2, 0.25) is 0 Å². The van der Waals surface area contributed by atoms with E-state index in [0.29, 0.717) is 32.1 Å². The number of nitrogens with one attached hydrogen (secondary N) is 1. The zero-order chi connectivity index (χ0) is 24.7. The van der Waals surface area contributed by atoms with Gasteiger partial charge in [-0.25, -0.2) is 23.5 Å². The molecular formula is C26H31F2N5OS. The summed E-state index contributed by atoms with van der Waals surface area (Å²) in [6.45, 7) is 8.97. The number of aryl methyl sites for hydroxylation is 1. The maximum absolute atomic E-state index is 13.5. The van der Waals surface area contributed by atoms with E-state index in [1.165, 1.54) is 28.3 Å². The van der Waals surface area contributed by atoms with Crippen LogP contribution in [0.25, 0.3) is 10.2 Å². The molecule has 0 saturated carbocycles. The van der Waals surface area contributed by atoms with E-state index in [1.54, 1.807) is 4.90 Å². The van der Waals surface area contributed by atoms with Crippen LogP contribution in [0.1, 0.15) is 55.8 Å². The van der Waals surface area contributed by atoms with Crippen molar-refractivity contribution in [1.82, 2.24) is 14.9 Å². The molecule has 1 aromatic carbocycles. The summed E-state index contributed by atoms with van der Waals surface area (Å²) in [7, 11) is 0. The molecule has 0 unspecified atom stereocenters. The predicted molar refractivity (Wildman–Crippen MR) is 136 cm³/mol. The van der Waals surface area contributed by atoms with Gasteiger partial charge >= 0.3 is 6.03 Å². The van der Waals surface area contributed by atoms with Crippen molar-refractivity contribution in [3.63, 3.8) is 0 Å². The van der Waals surface area contributed by atoms with Crippen molar-refractivity contribution in [2.24, 2.45) is 5.92 Å². The van der Waals surface area contributed by atoms with Gasteiger partial charge in [-0.05, 0) is 49.3 Å². The van der Waals surface area contributed by atoms with Gasteiger partial charge < -0.3 is 15.1 Å². The largest absolute Gasteiger partial charge is 0.352 e. The van der Waals surface area contributed by atoms with Gasteiger partial charge in [0.05, 0.1) is 5.39 Å². The van der Waals surface area contributed by atoms with Gasteiger partial charge in [0, 0.05) is 48.7 Å². The number of amides is 2. The van der Waals surface area contributed by atoms with Gasteiger partial charge in [0.1, 0.15) is 16.5 Å². The topological polar surface area (TPSA) is 61.4 Å². The predicted octanol–water partition coefficient (Wildman–Crippen LogP) is 5.96. The number of carbonyl (C=O) groups is 1. The summed E-state index contributed by atoms with van der Waals surface area (Å²) in [5.41, 5.74) is 1.65. The maximum Gasteiger partial charge on any atom is 0.321 e. The lowest BCUT2D eigenvalue weighted by Gasteiger charge is -2.36. The third-order valence-corrected chi connectivity index (χ3v) is 8.39. The Morgan fingerprint density at radius 1 is 1.20 bits per heavy atom. The summed E-state index contributed by atoms with van der Waals surface area (Å²) >= 11 is 1.82. The van der Waals surface area contributed by atoms with Gasteiger partial charge in [0.25, 0.3) is 0 Å². The van der Waals surface area contributed by atoms with Crippen LogP contribution in [0.4, 0.5) is 25.1 Å². The van der Waals surface area contributed by atoms with Crippen molar-refractivity contribution in [1.29, 1.82) is 0 Å². The molecule has 0 bridgehead atoms. The van der Waals surface area contributed by atoms with Crippen molar-refractivity contribution in [3.05, 3.63) is 46.1 Å². The number of urea groups is 1. The van der Waals surface area contributed by atoms with Crippen LogP contribution in [0.15, 0.2) is 18.2 Å². The zero-order valence-electron chi connectivity index (χ0n) is 20.4. The molecule has 2 aromatic heterocycles. The fourth-order valence-electron chi connectivity index (χ4n) is 4.87. The SMILES string of the molecule is CC[C@H](C)c1nc(N2CCN(C(=O)Nc3ccc(F)c(F)c3)CC2)c2c3c(sc2n1)C[C@@H](C)CC3. The molecular weight excluding hydrogens is 468 g/mol. The molecule has 1 N–H and O–H groups in total. The zero-order valence-corrected chi connectivity index (χ0v) is 21.2. The first-order valence-electron chi connectivity index (χ1n) is 12.4. The number of nitrogens with zero attached hydrogens (tertiary/aromatic N) is 4. The first kappa shape index (κ1) is 23.9. The number of rotatable bonds is 4. The minimum Gasteiger partial charge on any atom is -0.352 e. The molecule has 9 heteroatoms. The second-order valence-corrected chi connectivity index (χ2v) is 10.9. The summed E-state index contributed by atoms with van der Waals surface area (Å²) in [4.78, 5) is 29.3. The highest BCUT2D eigenvalue weighted by atomic mass is 32.1. The van der Waals surface area contributed by atoms with Crippen LogP contribution in [-0.4, -0.2) is 47.1 Å². The van der Waals surface area contributed by atoms with Crippen LogP contribution in [0.5, 0.6) is 0 Å². The lowest BCUT2D eigenvalue weighted by atomic mass is 9.89. The van der Waals surface area contributed by atoms with Crippen molar-refractivity contribution in [2.75, 3.05) is 36.4 Å². The second-order valence-electron chi connectivity index (χ2n) is 9.78. The monoisotopic (exact) mass is 499 g/mol. The van der Waals surface area contributed by atoms with Crippen LogP contribution in [0.3, 0.4) is 0 Å². The number of carbonyl (C=O) groups excluding carboxylic acids is 1. The molecule has 1 aliphatic carbocycles. The number of hydrogen-bond donors (Lipinski definition) is 1. The Morgan fingerprint density at radius 2 is 1.97 bits per heavy atom. The van der Waals surface area contributed by atoms with E-state index in [9.17, 15) is 13.6 Å². The van der Waals surface area contributed by atoms with Crippen LogP contribution < -0.4 is 10.2 Å². The standard InChI is InChI=1S/C26H31F2N5OS/c1-4-16(3)23-30-24(22-18-7-5-15(2)13-21(18)35-25(22)31-23)32-9-11-33(12-10-32)26(34)29-17-6-8-19(27)20(28)14-17/h6,8,14-16H,4-5,7,9-13H2,1-3H3,(H,29,34)/t15-,16-/m0/s1. The first-order chi connectivity index (χ1) is 16.8. The maximum atomic E-state index is 13.5. The Morgan fingerprint density at radius 3 is 2.69 bits per heavy atom. The van der Waals surface area contributed by atoms with E-state index in [1.807, 2.05) is 11.3 Å². The average Bonchev–Trinajstić information content (AvgIpc) is 3.22. The molecule has 6 nitrogen and oxygen atoms in total. The fraction of sp³-hybridized carbons (Fsp3) is 0.500. The lowest BCUT2D eigenvalue weighted by molar-refractivity contribution is 0.208. The quantitative estimate of drug-likeness (QED) is 0.481. The van der Waals surface area contributed by atoms with E-state index in [-0.39, 0.29) is 17.6 Å². The molecule has 1 saturated heterocycles. The second kappa shape index (κ2) is 9.68. The van der Waals surface area contributed by atoms with Gasteiger partial charge in [0.2, 0.25) is 0 Å². The lowest BCUT2D eigenvalue weighted by Crippen LogP contribution is -2.50. The summed E-state index contributed by atoms with van der Waals surface area (Å²) < 4.78 is 26.7. The third kappa shape index (κ3) is 4.70. The molecule has 3 heterocycles. The van der Waals surface area contributed by atoms with Gasteiger partial charge in [-0.3, -0.25) is 0 Å². The number of halogens is 2. The number of aromatic nitrogens is 2. The number of piperazine rings is 1. The van der Waals surface area contributed by atoms with Crippen molar-refractivity contribution in [2.45, 2.75) is 52.4 Å². The highest BCUT2D eigenvalue weighted by Gasteiger charge is 2.29. The molecule has 35 heavy (non-hydrogen) atoms. The number of fused-ring (bicyclic) bond motifs is 3. The Labute approximate surface area is 208 Å². The van der Waals surface area contributed by atoms with Crippen molar-refractivity contribution in [3.8, 4) is 0 Å². The smallest absolute Gasteiger partial charge is 0.321 e. The normalized spacial score (nSPS) is 19.1. The molecule has 1 aliphatic heterocycles. The minimum atomic E-state index is -0.981. The van der Waals surface area contributed by atoms with Crippen LogP contribution in [-0.2, 0) is 12.8 Å². The number of hydrogen-bond acceptors (Lipinski definition) is 5. The van der Waals surface area contributed by atoms with Crippen molar-refractivity contribution < 1.29 is 13.6 Å². The van der Waals surface area contributed by atoms with E-state index in [4.69, 9.17) is 9.97 Å². The summed E-state index contributed by atoms with van der Waals surface area (Å²) in [5.74, 6) is 0.941. The van der Waals surface area contributed by atoms with E-state index < -0.39 is 11.6 Å². The summed E-state index contributed by atoms with van der Waals surface area (Å²) in [5, 5.41) is 3.87. The minimum absolute atomic E-state index is 0.242. The van der Waals surface area contributed by atoms with E-state index >= 15 is 0 Å². The summed E-state index contributed by atoms with van der Waals surface area (Å²) in [6, 6.07) is 3.06. The first-order valence-corrected chi connectivity index (χ1v) is 13.2. The molecule has 2 atom stereocenters. The van der Waals surface area contributed by atoms with Crippen molar-refractivity contribution >= 4 is 39.1 Å². The molecule has 1 fully saturated rings. The molecule has 5 rings (SSSR count). The number of benzene rings is 1. The van der Waals surface area contributed by atoms with Gasteiger partial charge in [0.15, 0.2) is 11.6 Å². The molecule has 186 valence electrons. The van der Waals surface area contributed by atoms with Gasteiger partial charge in [-0.15, -0.1) is 11.3 Å². The van der Waals surface area contributed by atoms with E-state index in [2.05, 4.69) is 31.0 Å². The van der Waals surface area contributed by atoms with Gasteiger partial charge in [-0.2, -0.15) is 0 Å². The Kier molecular flexibility index (Phi) is 6.61. The molecule has 0 radical (unpaired) electrons. The number of thiophene rings is 1. The van der Waals surface area contributed by atoms with Gasteiger partial charge in [-0.1, -0.05) is 20.8 Å². The Balaban J connectivity index is 1.38. The van der Waals surface area contributed by atoms with Crippen LogP contribution >= 0.6 is 11.3 Å². The summed E-state index contributed by atoms with van der Waals surface area (Å²) in [6.07, 6.45) is 4.33. The molecule has 2 amide bonds. The highest BCUT2D eigenvalue weighted by Crippen LogP contribution is 2.42. The highest BCUT2D eigenvalue weighted by molar-refractivity contribution is 7.19. The van der Waals surface area contributed by atoms with E-state index in [0.717, 1.165) is 47.9 Å². The Hall–Kier alpha value is -2.81. The number of anilines is 2. The van der Waals surface area contributed by atoms with Crippen LogP contribution in [0, 0.1) is 17.6 Å². The average molecular weight is 500 g/mol. The molecule has 0 spiro atoms. The molecule has 3 aromatic rings. The third-order valence-electron chi connectivity index (χ3n) is 7.24.